The van der Waals surface area contributed by atoms with Gasteiger partial charge in [0.15, 0.2) is 0 Å². The molecule has 0 aliphatic heterocycles. The second kappa shape index (κ2) is 10.3. The molecule has 1 rings (SSSR count). The molecule has 0 aliphatic carbocycles. The molecule has 24 heavy (non-hydrogen) atoms. The van der Waals surface area contributed by atoms with Crippen LogP contribution in [0.2, 0.25) is 0 Å². The fourth-order valence-electron chi connectivity index (χ4n) is 1.82. The van der Waals surface area contributed by atoms with Gasteiger partial charge in [0, 0.05) is 25.6 Å². The van der Waals surface area contributed by atoms with Crippen molar-refractivity contribution in [2.75, 3.05) is 13.1 Å². The fourth-order valence-corrected chi connectivity index (χ4v) is 1.82. The molecule has 7 nitrogen and oxygen atoms in total. The van der Waals surface area contributed by atoms with Crippen molar-refractivity contribution < 1.29 is 14.4 Å². The van der Waals surface area contributed by atoms with Crippen LogP contribution in [0.5, 0.6) is 0 Å². The normalized spacial score (nSPS) is 11.5. The zero-order valence-electron chi connectivity index (χ0n) is 14.4. The smallest absolute Gasteiger partial charge is 0.315 e. The van der Waals surface area contributed by atoms with Gasteiger partial charge in [-0.15, -0.1) is 0 Å². The van der Waals surface area contributed by atoms with Crippen molar-refractivity contribution in [1.29, 1.82) is 0 Å². The number of carbonyl (C=O) groups excluding carboxylic acids is 3. The van der Waals surface area contributed by atoms with E-state index in [0.29, 0.717) is 19.6 Å². The molecule has 0 fully saturated rings. The Bertz CT molecular complexity index is 546. The summed E-state index contributed by atoms with van der Waals surface area (Å²) in [6.07, 6.45) is 0. The number of urea groups is 1. The summed E-state index contributed by atoms with van der Waals surface area (Å²) in [5.74, 6) is -0.417. The van der Waals surface area contributed by atoms with Crippen molar-refractivity contribution in [2.24, 2.45) is 5.92 Å². The molecule has 0 radical (unpaired) electrons. The van der Waals surface area contributed by atoms with Gasteiger partial charge in [-0.05, 0) is 12.5 Å². The molecule has 7 heteroatoms. The van der Waals surface area contributed by atoms with Crippen LogP contribution in [0.25, 0.3) is 0 Å². The predicted molar refractivity (Wildman–Crippen MR) is 92.1 cm³/mol. The average Bonchev–Trinajstić information content (AvgIpc) is 2.57. The maximum atomic E-state index is 11.9. The van der Waals surface area contributed by atoms with Crippen molar-refractivity contribution in [3.05, 3.63) is 35.9 Å². The monoisotopic (exact) mass is 334 g/mol. The molecule has 0 saturated heterocycles. The summed E-state index contributed by atoms with van der Waals surface area (Å²) < 4.78 is 0. The Balaban J connectivity index is 2.20. The van der Waals surface area contributed by atoms with Crippen LogP contribution in [0.15, 0.2) is 30.3 Å². The molecule has 0 spiro atoms. The van der Waals surface area contributed by atoms with Crippen LogP contribution in [0.4, 0.5) is 4.79 Å². The first-order valence-corrected chi connectivity index (χ1v) is 8.04. The molecular formula is C17H26N4O3. The van der Waals surface area contributed by atoms with Crippen molar-refractivity contribution in [2.45, 2.75) is 33.4 Å². The van der Waals surface area contributed by atoms with Crippen LogP contribution in [0.3, 0.4) is 0 Å². The van der Waals surface area contributed by atoms with E-state index in [1.165, 1.54) is 0 Å². The summed E-state index contributed by atoms with van der Waals surface area (Å²) in [4.78, 5) is 35.0. The summed E-state index contributed by atoms with van der Waals surface area (Å²) in [6, 6.07) is 8.43. The molecule has 132 valence electrons. The first-order chi connectivity index (χ1) is 11.4. The third-order valence-electron chi connectivity index (χ3n) is 3.28. The maximum absolute atomic E-state index is 11.9. The van der Waals surface area contributed by atoms with Crippen LogP contribution in [0.1, 0.15) is 26.3 Å². The second-order valence-corrected chi connectivity index (χ2v) is 5.77. The highest BCUT2D eigenvalue weighted by atomic mass is 16.2. The second-order valence-electron chi connectivity index (χ2n) is 5.77. The zero-order valence-corrected chi connectivity index (χ0v) is 14.4. The zero-order chi connectivity index (χ0) is 17.9. The Morgan fingerprint density at radius 2 is 1.50 bits per heavy atom. The number of rotatable bonds is 8. The molecular weight excluding hydrogens is 308 g/mol. The van der Waals surface area contributed by atoms with E-state index in [2.05, 4.69) is 21.3 Å². The quantitative estimate of drug-likeness (QED) is 0.528. The largest absolute Gasteiger partial charge is 0.354 e. The fraction of sp³-hybridized carbons (Fsp3) is 0.471. The Morgan fingerprint density at radius 3 is 2.12 bits per heavy atom. The molecule has 4 N–H and O–H groups in total. The first kappa shape index (κ1) is 19.5. The molecule has 0 saturated carbocycles. The summed E-state index contributed by atoms with van der Waals surface area (Å²) in [5.41, 5.74) is 0.989. The molecule has 0 bridgehead atoms. The van der Waals surface area contributed by atoms with Gasteiger partial charge in [0.05, 0.1) is 0 Å². The van der Waals surface area contributed by atoms with E-state index in [-0.39, 0.29) is 17.7 Å². The summed E-state index contributed by atoms with van der Waals surface area (Å²) in [7, 11) is 0. The lowest BCUT2D eigenvalue weighted by Crippen LogP contribution is -2.49. The summed E-state index contributed by atoms with van der Waals surface area (Å²) in [6.45, 7) is 6.26. The van der Waals surface area contributed by atoms with Gasteiger partial charge < -0.3 is 21.3 Å². The number of amides is 4. The molecule has 1 atom stereocenters. The van der Waals surface area contributed by atoms with Crippen molar-refractivity contribution in [3.63, 3.8) is 0 Å². The lowest BCUT2D eigenvalue weighted by Gasteiger charge is -2.15. The van der Waals surface area contributed by atoms with Gasteiger partial charge in [0.25, 0.3) is 0 Å². The van der Waals surface area contributed by atoms with Crippen LogP contribution in [-0.4, -0.2) is 37.0 Å². The van der Waals surface area contributed by atoms with Crippen LogP contribution in [0, 0.1) is 5.92 Å². The SMILES string of the molecule is CC(C)C(=O)NCCNC(=O)NC(C)C(=O)NCc1ccccc1. The van der Waals surface area contributed by atoms with Gasteiger partial charge >= 0.3 is 6.03 Å². The predicted octanol–water partition coefficient (Wildman–Crippen LogP) is 0.763. The number of hydrogen-bond acceptors (Lipinski definition) is 3. The van der Waals surface area contributed by atoms with Gasteiger partial charge in [-0.1, -0.05) is 44.2 Å². The third-order valence-corrected chi connectivity index (χ3v) is 3.28. The van der Waals surface area contributed by atoms with E-state index >= 15 is 0 Å². The van der Waals surface area contributed by atoms with E-state index in [0.717, 1.165) is 5.56 Å². The van der Waals surface area contributed by atoms with Gasteiger partial charge in [-0.3, -0.25) is 9.59 Å². The summed E-state index contributed by atoms with van der Waals surface area (Å²) >= 11 is 0. The maximum Gasteiger partial charge on any atom is 0.315 e. The lowest BCUT2D eigenvalue weighted by molar-refractivity contribution is -0.124. The van der Waals surface area contributed by atoms with Crippen molar-refractivity contribution in [1.82, 2.24) is 21.3 Å². The van der Waals surface area contributed by atoms with E-state index in [1.807, 2.05) is 30.3 Å². The number of hydrogen-bond donors (Lipinski definition) is 4. The van der Waals surface area contributed by atoms with E-state index < -0.39 is 12.1 Å². The molecule has 4 amide bonds. The minimum absolute atomic E-state index is 0.0640. The number of nitrogens with one attached hydrogen (secondary N) is 4. The number of carbonyl (C=O) groups is 3. The van der Waals surface area contributed by atoms with Gasteiger partial charge in [0.2, 0.25) is 11.8 Å². The Hall–Kier alpha value is -2.57. The minimum Gasteiger partial charge on any atom is -0.354 e. The standard InChI is InChI=1S/C17H26N4O3/c1-12(2)15(22)18-9-10-19-17(24)21-13(3)16(23)20-11-14-7-5-4-6-8-14/h4-8,12-13H,9-11H2,1-3H3,(H,18,22)(H,20,23)(H2,19,21,24). The lowest BCUT2D eigenvalue weighted by atomic mass is 10.2. The molecule has 1 unspecified atom stereocenters. The highest BCUT2D eigenvalue weighted by Crippen LogP contribution is 1.97. The van der Waals surface area contributed by atoms with Crippen LogP contribution < -0.4 is 21.3 Å². The first-order valence-electron chi connectivity index (χ1n) is 8.04. The van der Waals surface area contributed by atoms with E-state index in [1.54, 1.807) is 20.8 Å². The molecule has 0 aromatic heterocycles. The summed E-state index contributed by atoms with van der Waals surface area (Å²) in [5, 5.41) is 10.6. The highest BCUT2D eigenvalue weighted by molar-refractivity contribution is 5.86. The molecule has 1 aromatic rings. The minimum atomic E-state index is -0.654. The highest BCUT2D eigenvalue weighted by Gasteiger charge is 2.14. The van der Waals surface area contributed by atoms with E-state index in [9.17, 15) is 14.4 Å². The average molecular weight is 334 g/mol. The van der Waals surface area contributed by atoms with E-state index in [4.69, 9.17) is 0 Å². The van der Waals surface area contributed by atoms with Crippen LogP contribution in [-0.2, 0) is 16.1 Å². The Morgan fingerprint density at radius 1 is 0.875 bits per heavy atom. The Labute approximate surface area is 142 Å². The molecule has 0 aliphatic rings. The van der Waals surface area contributed by atoms with Gasteiger partial charge in [-0.2, -0.15) is 0 Å². The molecule has 1 aromatic carbocycles. The molecule has 0 heterocycles. The van der Waals surface area contributed by atoms with Crippen molar-refractivity contribution in [3.8, 4) is 0 Å². The number of benzene rings is 1. The third kappa shape index (κ3) is 7.62. The van der Waals surface area contributed by atoms with Crippen molar-refractivity contribution >= 4 is 17.8 Å². The van der Waals surface area contributed by atoms with Gasteiger partial charge in [-0.25, -0.2) is 4.79 Å². The van der Waals surface area contributed by atoms with Gasteiger partial charge in [0.1, 0.15) is 6.04 Å². The van der Waals surface area contributed by atoms with Crippen LogP contribution >= 0.6 is 0 Å². The topological polar surface area (TPSA) is 99.3 Å². The Kier molecular flexibility index (Phi) is 8.32.